The van der Waals surface area contributed by atoms with Crippen LogP contribution in [0.5, 0.6) is 0 Å². The Morgan fingerprint density at radius 1 is 1.23 bits per heavy atom. The summed E-state index contributed by atoms with van der Waals surface area (Å²) in [6, 6.07) is 2.61. The van der Waals surface area contributed by atoms with E-state index < -0.39 is 43.9 Å². The first-order chi connectivity index (χ1) is 19.0. The molecule has 1 amide bonds. The molecule has 3 aromatic rings. The van der Waals surface area contributed by atoms with Gasteiger partial charge in [0.15, 0.2) is 11.3 Å². The Kier molecular flexibility index (Phi) is 8.16. The summed E-state index contributed by atoms with van der Waals surface area (Å²) in [5.74, 6) is -1.72. The Balaban J connectivity index is 1.52. The van der Waals surface area contributed by atoms with E-state index >= 15 is 0 Å². The van der Waals surface area contributed by atoms with Gasteiger partial charge in [-0.3, -0.25) is 4.79 Å². The minimum Gasteiger partial charge on any atom is -0.391 e. The maximum Gasteiger partial charge on any atom is 0.275 e. The zero-order chi connectivity index (χ0) is 28.6. The second kappa shape index (κ2) is 11.5. The predicted octanol–water partition coefficient (Wildman–Crippen LogP) is 4.67. The zero-order valence-corrected chi connectivity index (χ0v) is 23.9. The lowest BCUT2D eigenvalue weighted by Crippen LogP contribution is -2.33. The van der Waals surface area contributed by atoms with Gasteiger partial charge in [0.1, 0.15) is 36.7 Å². The number of rotatable bonds is 9. The van der Waals surface area contributed by atoms with Gasteiger partial charge in [0.25, 0.3) is 5.91 Å². The molecule has 216 valence electrons. The number of anilines is 1. The highest BCUT2D eigenvalue weighted by atomic mass is 28.3. The predicted molar refractivity (Wildman–Crippen MR) is 146 cm³/mol. The number of carbonyl (C=O) groups is 1. The summed E-state index contributed by atoms with van der Waals surface area (Å²) in [6.07, 6.45) is 1.40. The molecule has 0 spiro atoms. The van der Waals surface area contributed by atoms with Crippen molar-refractivity contribution in [2.45, 2.75) is 82.5 Å². The molecule has 1 aliphatic heterocycles. The van der Waals surface area contributed by atoms with E-state index in [1.807, 2.05) is 0 Å². The summed E-state index contributed by atoms with van der Waals surface area (Å²) >= 11 is 0. The molecule has 2 aromatic heterocycles. The molecule has 1 saturated carbocycles. The Hall–Kier alpha value is -3.03. The Bertz CT molecular complexity index is 1380. The van der Waals surface area contributed by atoms with E-state index in [0.29, 0.717) is 29.9 Å². The summed E-state index contributed by atoms with van der Waals surface area (Å²) in [6.45, 7) is 6.98. The van der Waals surface area contributed by atoms with Gasteiger partial charge in [0.2, 0.25) is 0 Å². The van der Waals surface area contributed by atoms with Crippen molar-refractivity contribution >= 4 is 30.8 Å². The van der Waals surface area contributed by atoms with Crippen molar-refractivity contribution < 1.29 is 27.8 Å². The monoisotopic (exact) mass is 576 g/mol. The van der Waals surface area contributed by atoms with Crippen molar-refractivity contribution in [3.05, 3.63) is 47.4 Å². The summed E-state index contributed by atoms with van der Waals surface area (Å²) in [4.78, 5) is 23.9. The highest BCUT2D eigenvalue weighted by Crippen LogP contribution is 2.38. The van der Waals surface area contributed by atoms with Crippen LogP contribution in [-0.4, -0.2) is 75.2 Å². The number of amides is 1. The van der Waals surface area contributed by atoms with Crippen LogP contribution in [0, 0.1) is 11.6 Å². The fourth-order valence-corrected chi connectivity index (χ4v) is 6.14. The second-order valence-electron chi connectivity index (χ2n) is 11.8. The van der Waals surface area contributed by atoms with Crippen molar-refractivity contribution in [1.82, 2.24) is 24.6 Å². The van der Waals surface area contributed by atoms with E-state index in [2.05, 4.69) is 40.0 Å². The lowest BCUT2D eigenvalue weighted by Gasteiger charge is -2.24. The Morgan fingerprint density at radius 2 is 2.02 bits per heavy atom. The lowest BCUT2D eigenvalue weighted by atomic mass is 10.0. The van der Waals surface area contributed by atoms with Crippen LogP contribution in [0.15, 0.2) is 24.5 Å². The molecule has 2 aliphatic rings. The van der Waals surface area contributed by atoms with E-state index in [-0.39, 0.29) is 37.0 Å². The molecule has 2 N–H and O–H groups in total. The Morgan fingerprint density at radius 3 is 2.75 bits per heavy atom. The number of halogens is 3. The molecule has 1 aromatic carbocycles. The van der Waals surface area contributed by atoms with Crippen LogP contribution < -0.4 is 5.32 Å². The molecule has 40 heavy (non-hydrogen) atoms. The molecule has 13 heteroatoms. The van der Waals surface area contributed by atoms with Gasteiger partial charge in [-0.25, -0.2) is 27.8 Å². The maximum absolute atomic E-state index is 14.7. The topological polar surface area (TPSA) is 105 Å². The van der Waals surface area contributed by atoms with Gasteiger partial charge >= 0.3 is 0 Å². The van der Waals surface area contributed by atoms with Gasteiger partial charge in [-0.1, -0.05) is 19.6 Å². The number of aromatic nitrogens is 4. The summed E-state index contributed by atoms with van der Waals surface area (Å²) < 4.78 is 50.8. The molecule has 5 rings (SSSR count). The first-order valence-electron chi connectivity index (χ1n) is 13.7. The van der Waals surface area contributed by atoms with E-state index in [9.17, 15) is 23.1 Å². The van der Waals surface area contributed by atoms with Gasteiger partial charge in [-0.2, -0.15) is 5.10 Å². The third kappa shape index (κ3) is 6.00. The van der Waals surface area contributed by atoms with E-state index in [1.54, 1.807) is 0 Å². The first-order valence-corrected chi connectivity index (χ1v) is 17.4. The molecule has 1 saturated heterocycles. The fourth-order valence-electron chi connectivity index (χ4n) is 5.38. The van der Waals surface area contributed by atoms with Gasteiger partial charge in [-0.15, -0.1) is 0 Å². The molecule has 2 fully saturated rings. The molecular weight excluding hydrogens is 541 g/mol. The standard InChI is InChI=1S/C27H35F3N6O3Si/c1-40(2,3)10-9-39-15-36-26-23(25(31-14-32-26)33-20-5-4-6-22(20)37)24(34-36)27(38)35-13-17(29)12-21(35)18-11-16(28)7-8-19(18)30/h7-8,11,14,17,20-22,37H,4-6,9-10,12-13,15H2,1-3H3,(H,31,32,33)/t17-,20+,21+,22+/m0/s1. The second-order valence-corrected chi connectivity index (χ2v) is 17.5. The van der Waals surface area contributed by atoms with Crippen LogP contribution in [0.3, 0.4) is 0 Å². The number of nitrogens with one attached hydrogen (secondary N) is 1. The number of fused-ring (bicyclic) bond motifs is 1. The largest absolute Gasteiger partial charge is 0.391 e. The molecule has 0 bridgehead atoms. The number of likely N-dealkylation sites (tertiary alicyclic amines) is 1. The van der Waals surface area contributed by atoms with Crippen molar-refractivity contribution in [3.63, 3.8) is 0 Å². The van der Waals surface area contributed by atoms with Crippen LogP contribution in [0.25, 0.3) is 11.0 Å². The molecule has 4 atom stereocenters. The van der Waals surface area contributed by atoms with Crippen LogP contribution in [0.2, 0.25) is 25.7 Å². The van der Waals surface area contributed by atoms with E-state index in [1.165, 1.54) is 15.9 Å². The normalized spacial score (nSPS) is 23.3. The van der Waals surface area contributed by atoms with Crippen molar-refractivity contribution in [2.24, 2.45) is 0 Å². The molecule has 0 unspecified atom stereocenters. The SMILES string of the molecule is C[Si](C)(C)CCOCn1nc(C(=O)N2C[C@@H](F)C[C@@H]2c2cc(F)ccc2F)c2c(N[C@@H]3CCC[C@H]3O)ncnc21. The first kappa shape index (κ1) is 28.5. The van der Waals surface area contributed by atoms with Crippen molar-refractivity contribution in [2.75, 3.05) is 18.5 Å². The number of nitrogens with zero attached hydrogens (tertiary/aromatic N) is 5. The van der Waals surface area contributed by atoms with Crippen LogP contribution in [0.4, 0.5) is 19.0 Å². The van der Waals surface area contributed by atoms with Crippen LogP contribution >= 0.6 is 0 Å². The number of aliphatic hydroxyl groups excluding tert-OH is 1. The number of benzene rings is 1. The quantitative estimate of drug-likeness (QED) is 0.282. The molecule has 9 nitrogen and oxygen atoms in total. The minimum atomic E-state index is -1.42. The van der Waals surface area contributed by atoms with Crippen LogP contribution in [-0.2, 0) is 11.5 Å². The average molecular weight is 577 g/mol. The Labute approximate surface area is 231 Å². The van der Waals surface area contributed by atoms with E-state index in [0.717, 1.165) is 37.1 Å². The third-order valence-corrected chi connectivity index (χ3v) is 9.28. The summed E-state index contributed by atoms with van der Waals surface area (Å²) in [5.41, 5.74) is 0.205. The third-order valence-electron chi connectivity index (χ3n) is 7.57. The lowest BCUT2D eigenvalue weighted by molar-refractivity contribution is 0.0702. The highest BCUT2D eigenvalue weighted by molar-refractivity contribution is 6.76. The number of carbonyl (C=O) groups excluding carboxylic acids is 1. The van der Waals surface area contributed by atoms with Gasteiger partial charge < -0.3 is 20.1 Å². The summed E-state index contributed by atoms with van der Waals surface area (Å²) in [5, 5.41) is 18.5. The van der Waals surface area contributed by atoms with Crippen molar-refractivity contribution in [3.8, 4) is 0 Å². The van der Waals surface area contributed by atoms with Gasteiger partial charge in [0, 0.05) is 26.7 Å². The number of aliphatic hydroxyl groups is 1. The average Bonchev–Trinajstić information content (AvgIpc) is 3.60. The van der Waals surface area contributed by atoms with Gasteiger partial charge in [0.05, 0.1) is 30.1 Å². The number of ether oxygens (including phenoxy) is 1. The number of hydrogen-bond acceptors (Lipinski definition) is 7. The molecule has 0 radical (unpaired) electrons. The zero-order valence-electron chi connectivity index (χ0n) is 22.9. The summed E-state index contributed by atoms with van der Waals surface area (Å²) in [7, 11) is -1.34. The minimum absolute atomic E-state index is 0.0322. The number of alkyl halides is 1. The smallest absolute Gasteiger partial charge is 0.275 e. The van der Waals surface area contributed by atoms with Crippen molar-refractivity contribution in [1.29, 1.82) is 0 Å². The molecular formula is C27H35F3N6O3Si. The molecule has 3 heterocycles. The fraction of sp³-hybridized carbons (Fsp3) is 0.556. The van der Waals surface area contributed by atoms with Gasteiger partial charge in [-0.05, 0) is 43.5 Å². The highest BCUT2D eigenvalue weighted by Gasteiger charge is 2.40. The van der Waals surface area contributed by atoms with Crippen LogP contribution in [0.1, 0.15) is 47.8 Å². The molecule has 1 aliphatic carbocycles. The maximum atomic E-state index is 14.7. The van der Waals surface area contributed by atoms with E-state index in [4.69, 9.17) is 4.74 Å². The number of hydrogen-bond donors (Lipinski definition) is 2.